The van der Waals surface area contributed by atoms with E-state index in [0.29, 0.717) is 0 Å². The van der Waals surface area contributed by atoms with Crippen LogP contribution in [0.4, 0.5) is 0 Å². The minimum Gasteiger partial charge on any atom is -0.392 e. The third kappa shape index (κ3) is 2.79. The van der Waals surface area contributed by atoms with Gasteiger partial charge >= 0.3 is 0 Å². The lowest BCUT2D eigenvalue weighted by Crippen LogP contribution is -2.10. The summed E-state index contributed by atoms with van der Waals surface area (Å²) in [7, 11) is 3.65. The Labute approximate surface area is 151 Å². The van der Waals surface area contributed by atoms with Crippen LogP contribution in [0.5, 0.6) is 0 Å². The Balaban J connectivity index is 1.77. The maximum atomic E-state index is 9.30. The quantitative estimate of drug-likeness (QED) is 0.602. The number of hydrogen-bond acceptors (Lipinski definition) is 4. The van der Waals surface area contributed by atoms with E-state index in [1.54, 1.807) is 19.6 Å². The fourth-order valence-corrected chi connectivity index (χ4v) is 3.22. The van der Waals surface area contributed by atoms with Gasteiger partial charge in [0.15, 0.2) is 0 Å². The third-order valence-corrected chi connectivity index (χ3v) is 4.57. The molecule has 0 aliphatic heterocycles. The molecule has 4 rings (SSSR count). The lowest BCUT2D eigenvalue weighted by Gasteiger charge is -2.17. The van der Waals surface area contributed by atoms with Crippen molar-refractivity contribution >= 4 is 11.0 Å². The molecule has 0 amide bonds. The van der Waals surface area contributed by atoms with E-state index in [1.807, 2.05) is 58.8 Å². The van der Waals surface area contributed by atoms with Crippen LogP contribution in [0.15, 0.2) is 61.2 Å². The van der Waals surface area contributed by atoms with Crippen molar-refractivity contribution in [1.82, 2.24) is 19.1 Å². The molecule has 2 heterocycles. The molecule has 0 aliphatic carbocycles. The number of benzene rings is 2. The fraction of sp³-hybridized carbons (Fsp3) is 0.200. The van der Waals surface area contributed by atoms with Gasteiger partial charge in [0, 0.05) is 32.2 Å². The maximum Gasteiger partial charge on any atom is 0.142 e. The smallest absolute Gasteiger partial charge is 0.142 e. The van der Waals surface area contributed by atoms with Crippen LogP contribution in [-0.2, 0) is 18.4 Å². The maximum absolute atomic E-state index is 9.30. The van der Waals surface area contributed by atoms with Crippen LogP contribution in [0.25, 0.3) is 16.7 Å². The number of ether oxygens (including phenoxy) is 1. The summed E-state index contributed by atoms with van der Waals surface area (Å²) in [6.45, 7) is 0.0114. The Hall–Kier alpha value is -2.96. The van der Waals surface area contributed by atoms with Crippen LogP contribution in [0.1, 0.15) is 23.1 Å². The first-order valence-corrected chi connectivity index (χ1v) is 8.38. The molecular weight excluding hydrogens is 328 g/mol. The molecule has 4 aromatic rings. The summed E-state index contributed by atoms with van der Waals surface area (Å²) in [6.07, 6.45) is 5.24. The van der Waals surface area contributed by atoms with Gasteiger partial charge in [-0.1, -0.05) is 18.2 Å². The van der Waals surface area contributed by atoms with Gasteiger partial charge in [-0.2, -0.15) is 0 Å². The van der Waals surface area contributed by atoms with Crippen molar-refractivity contribution in [2.45, 2.75) is 12.7 Å². The van der Waals surface area contributed by atoms with Crippen molar-refractivity contribution in [3.8, 4) is 5.69 Å². The number of nitrogens with zero attached hydrogens (tertiary/aromatic N) is 4. The molecule has 2 aromatic carbocycles. The van der Waals surface area contributed by atoms with Crippen molar-refractivity contribution in [2.24, 2.45) is 7.05 Å². The van der Waals surface area contributed by atoms with E-state index in [1.165, 1.54) is 0 Å². The summed E-state index contributed by atoms with van der Waals surface area (Å²) in [6, 6.07) is 14.0. The lowest BCUT2D eigenvalue weighted by atomic mass is 10.1. The van der Waals surface area contributed by atoms with E-state index < -0.39 is 0 Å². The van der Waals surface area contributed by atoms with Gasteiger partial charge in [0.2, 0.25) is 0 Å². The number of aryl methyl sites for hydroxylation is 1. The molecule has 0 saturated carbocycles. The molecule has 0 fully saturated rings. The van der Waals surface area contributed by atoms with Gasteiger partial charge in [0.1, 0.15) is 18.3 Å². The van der Waals surface area contributed by atoms with Gasteiger partial charge < -0.3 is 14.4 Å². The number of hydrogen-bond donors (Lipinski definition) is 1. The van der Waals surface area contributed by atoms with Gasteiger partial charge in [0.25, 0.3) is 0 Å². The summed E-state index contributed by atoms with van der Waals surface area (Å²) in [5, 5.41) is 9.30. The van der Waals surface area contributed by atoms with Gasteiger partial charge in [-0.3, -0.25) is 4.57 Å². The highest BCUT2D eigenvalue weighted by atomic mass is 16.5. The van der Waals surface area contributed by atoms with E-state index in [-0.39, 0.29) is 12.7 Å². The van der Waals surface area contributed by atoms with Crippen LogP contribution in [0, 0.1) is 0 Å². The summed E-state index contributed by atoms with van der Waals surface area (Å²) in [4.78, 5) is 8.89. The molecule has 2 aromatic heterocycles. The number of aliphatic hydroxyl groups is 1. The van der Waals surface area contributed by atoms with Crippen molar-refractivity contribution in [3.63, 3.8) is 0 Å². The number of imidazole rings is 2. The Morgan fingerprint density at radius 2 is 2.04 bits per heavy atom. The zero-order valence-corrected chi connectivity index (χ0v) is 14.7. The average Bonchev–Trinajstić information content (AvgIpc) is 3.28. The first kappa shape index (κ1) is 16.5. The van der Waals surface area contributed by atoms with Crippen molar-refractivity contribution in [2.75, 3.05) is 7.11 Å². The molecule has 0 aliphatic rings. The van der Waals surface area contributed by atoms with Crippen molar-refractivity contribution < 1.29 is 9.84 Å². The highest BCUT2D eigenvalue weighted by molar-refractivity contribution is 5.78. The first-order valence-electron chi connectivity index (χ1n) is 8.38. The van der Waals surface area contributed by atoms with Crippen LogP contribution in [0.3, 0.4) is 0 Å². The predicted molar refractivity (Wildman–Crippen MR) is 99.1 cm³/mol. The topological polar surface area (TPSA) is 65.1 Å². The molecule has 1 atom stereocenters. The summed E-state index contributed by atoms with van der Waals surface area (Å²) >= 11 is 0. The number of fused-ring (bicyclic) bond motifs is 1. The third-order valence-electron chi connectivity index (χ3n) is 4.57. The van der Waals surface area contributed by atoms with Crippen LogP contribution >= 0.6 is 0 Å². The molecule has 6 heteroatoms. The monoisotopic (exact) mass is 348 g/mol. The number of aromatic nitrogens is 4. The molecule has 0 saturated heterocycles. The van der Waals surface area contributed by atoms with E-state index >= 15 is 0 Å². The van der Waals surface area contributed by atoms with Crippen LogP contribution in [-0.4, -0.2) is 31.3 Å². The lowest BCUT2D eigenvalue weighted by molar-refractivity contribution is 0.126. The fourth-order valence-electron chi connectivity index (χ4n) is 3.22. The summed E-state index contributed by atoms with van der Waals surface area (Å²) in [5.41, 5.74) is 4.72. The van der Waals surface area contributed by atoms with E-state index in [4.69, 9.17) is 4.74 Å². The molecule has 26 heavy (non-hydrogen) atoms. The standard InChI is InChI=1S/C20H20N4O2/c1-23-9-8-21-20(23)19(26-2)15-4-3-5-16(11-15)24-13-22-17-10-14(12-25)6-7-18(17)24/h3-11,13,19,25H,12H2,1-2H3. The number of aliphatic hydroxyl groups excluding tert-OH is 1. The predicted octanol–water partition coefficient (Wildman–Crippen LogP) is 2.99. The van der Waals surface area contributed by atoms with Crippen molar-refractivity contribution in [1.29, 1.82) is 0 Å². The molecule has 1 unspecified atom stereocenters. The Bertz CT molecular complexity index is 1050. The minimum absolute atomic E-state index is 0.0114. The molecule has 0 radical (unpaired) electrons. The van der Waals surface area contributed by atoms with Gasteiger partial charge in [0.05, 0.1) is 17.6 Å². The Morgan fingerprint density at radius 1 is 1.15 bits per heavy atom. The number of methoxy groups -OCH3 is 1. The summed E-state index contributed by atoms with van der Waals surface area (Å²) in [5.74, 6) is 0.854. The second kappa shape index (κ2) is 6.74. The highest BCUT2D eigenvalue weighted by Gasteiger charge is 2.18. The Morgan fingerprint density at radius 3 is 2.77 bits per heavy atom. The zero-order valence-electron chi connectivity index (χ0n) is 14.7. The molecule has 132 valence electrons. The average molecular weight is 348 g/mol. The van der Waals surface area contributed by atoms with Gasteiger partial charge in [-0.05, 0) is 35.4 Å². The summed E-state index contributed by atoms with van der Waals surface area (Å²) < 4.78 is 9.71. The zero-order chi connectivity index (χ0) is 18.1. The number of rotatable bonds is 5. The van der Waals surface area contributed by atoms with Crippen LogP contribution in [0.2, 0.25) is 0 Å². The second-order valence-electron chi connectivity index (χ2n) is 6.20. The normalized spacial score (nSPS) is 12.6. The van der Waals surface area contributed by atoms with Crippen molar-refractivity contribution in [3.05, 3.63) is 78.1 Å². The molecule has 0 bridgehead atoms. The van der Waals surface area contributed by atoms with E-state index in [9.17, 15) is 5.11 Å². The van der Waals surface area contributed by atoms with Crippen LogP contribution < -0.4 is 0 Å². The van der Waals surface area contributed by atoms with E-state index in [0.717, 1.165) is 33.7 Å². The largest absolute Gasteiger partial charge is 0.392 e. The van der Waals surface area contributed by atoms with E-state index in [2.05, 4.69) is 16.0 Å². The van der Waals surface area contributed by atoms with Gasteiger partial charge in [-0.25, -0.2) is 9.97 Å². The first-order chi connectivity index (χ1) is 12.7. The molecule has 6 nitrogen and oxygen atoms in total. The Kier molecular flexibility index (Phi) is 4.28. The van der Waals surface area contributed by atoms with Gasteiger partial charge in [-0.15, -0.1) is 0 Å². The minimum atomic E-state index is -0.245. The molecule has 0 spiro atoms. The molecular formula is C20H20N4O2. The second-order valence-corrected chi connectivity index (χ2v) is 6.20. The molecule has 1 N–H and O–H groups in total. The highest BCUT2D eigenvalue weighted by Crippen LogP contribution is 2.27. The SMILES string of the molecule is COC(c1cccc(-n2cnc3cc(CO)ccc32)c1)c1nccn1C.